The lowest BCUT2D eigenvalue weighted by Gasteiger charge is -2.33. The van der Waals surface area contributed by atoms with Gasteiger partial charge in [0.1, 0.15) is 0 Å². The highest BCUT2D eigenvalue weighted by Gasteiger charge is 2.28. The standard InChI is InChI=1S/C20H30N4O/c1-4-11-24-18-10-6-5-9-17(18)22-20(24)23-12-7-8-16(14-23)19(25)21-13-15(2)3/h5-6,9-10,15-16H,4,7-8,11-14H2,1-3H3,(H,21,25)/t16-/m0/s1. The number of hydrogen-bond donors (Lipinski definition) is 1. The van der Waals surface area contributed by atoms with Gasteiger partial charge in [0.15, 0.2) is 0 Å². The number of hydrogen-bond acceptors (Lipinski definition) is 3. The number of amides is 1. The summed E-state index contributed by atoms with van der Waals surface area (Å²) in [5.41, 5.74) is 2.23. The first-order valence-corrected chi connectivity index (χ1v) is 9.58. The minimum atomic E-state index is 0.0578. The summed E-state index contributed by atoms with van der Waals surface area (Å²) in [7, 11) is 0. The summed E-state index contributed by atoms with van der Waals surface area (Å²) >= 11 is 0. The van der Waals surface area contributed by atoms with Crippen LogP contribution in [0.1, 0.15) is 40.0 Å². The Hall–Kier alpha value is -2.04. The second kappa shape index (κ2) is 7.89. The van der Waals surface area contributed by atoms with E-state index in [-0.39, 0.29) is 11.8 Å². The number of aromatic nitrogens is 2. The van der Waals surface area contributed by atoms with Crippen LogP contribution >= 0.6 is 0 Å². The van der Waals surface area contributed by atoms with Crippen molar-refractivity contribution in [1.29, 1.82) is 0 Å². The molecule has 0 bridgehead atoms. The Balaban J connectivity index is 1.80. The monoisotopic (exact) mass is 342 g/mol. The van der Waals surface area contributed by atoms with E-state index in [4.69, 9.17) is 4.98 Å². The summed E-state index contributed by atoms with van der Waals surface area (Å²) in [6, 6.07) is 8.31. The summed E-state index contributed by atoms with van der Waals surface area (Å²) in [4.78, 5) is 19.7. The highest BCUT2D eigenvalue weighted by Crippen LogP contribution is 2.27. The molecule has 25 heavy (non-hydrogen) atoms. The number of aryl methyl sites for hydroxylation is 1. The zero-order valence-corrected chi connectivity index (χ0v) is 15.7. The number of nitrogens with zero attached hydrogens (tertiary/aromatic N) is 3. The fraction of sp³-hybridized carbons (Fsp3) is 0.600. The average Bonchev–Trinajstić information content (AvgIpc) is 2.99. The van der Waals surface area contributed by atoms with Gasteiger partial charge in [0, 0.05) is 26.2 Å². The molecule has 5 nitrogen and oxygen atoms in total. The van der Waals surface area contributed by atoms with Crippen molar-refractivity contribution >= 4 is 22.9 Å². The smallest absolute Gasteiger partial charge is 0.224 e. The zero-order valence-electron chi connectivity index (χ0n) is 15.7. The van der Waals surface area contributed by atoms with Crippen molar-refractivity contribution < 1.29 is 4.79 Å². The quantitative estimate of drug-likeness (QED) is 0.875. The van der Waals surface area contributed by atoms with Crippen LogP contribution in [-0.2, 0) is 11.3 Å². The molecule has 1 aromatic heterocycles. The largest absolute Gasteiger partial charge is 0.356 e. The summed E-state index contributed by atoms with van der Waals surface area (Å²) in [5, 5.41) is 3.10. The minimum Gasteiger partial charge on any atom is -0.356 e. The maximum Gasteiger partial charge on any atom is 0.224 e. The van der Waals surface area contributed by atoms with E-state index in [9.17, 15) is 4.79 Å². The van der Waals surface area contributed by atoms with Gasteiger partial charge in [-0.05, 0) is 37.3 Å². The van der Waals surface area contributed by atoms with E-state index in [0.29, 0.717) is 5.92 Å². The van der Waals surface area contributed by atoms with Crippen molar-refractivity contribution in [2.45, 2.75) is 46.6 Å². The highest BCUT2D eigenvalue weighted by molar-refractivity contribution is 5.81. The summed E-state index contributed by atoms with van der Waals surface area (Å²) in [6.45, 7) is 9.89. The summed E-state index contributed by atoms with van der Waals surface area (Å²) < 4.78 is 2.31. The number of imidazole rings is 1. The van der Waals surface area contributed by atoms with Crippen LogP contribution in [-0.4, -0.2) is 35.1 Å². The van der Waals surface area contributed by atoms with Crippen LogP contribution in [0.5, 0.6) is 0 Å². The van der Waals surface area contributed by atoms with E-state index in [0.717, 1.165) is 56.9 Å². The zero-order chi connectivity index (χ0) is 17.8. The van der Waals surface area contributed by atoms with Gasteiger partial charge in [0.25, 0.3) is 0 Å². The number of anilines is 1. The van der Waals surface area contributed by atoms with Crippen LogP contribution in [0.3, 0.4) is 0 Å². The first-order valence-electron chi connectivity index (χ1n) is 9.58. The molecule has 1 aliphatic rings. The van der Waals surface area contributed by atoms with E-state index in [1.807, 2.05) is 6.07 Å². The molecule has 0 saturated carbocycles. The van der Waals surface area contributed by atoms with E-state index in [1.54, 1.807) is 0 Å². The third-order valence-corrected chi connectivity index (χ3v) is 4.84. The van der Waals surface area contributed by atoms with Crippen molar-refractivity contribution in [2.24, 2.45) is 11.8 Å². The number of para-hydroxylation sites is 2. The predicted molar refractivity (Wildman–Crippen MR) is 103 cm³/mol. The molecular formula is C20H30N4O. The normalized spacial score (nSPS) is 18.1. The average molecular weight is 342 g/mol. The van der Waals surface area contributed by atoms with E-state index in [1.165, 1.54) is 5.52 Å². The van der Waals surface area contributed by atoms with Gasteiger partial charge in [-0.25, -0.2) is 4.98 Å². The third kappa shape index (κ3) is 3.97. The molecular weight excluding hydrogens is 312 g/mol. The Morgan fingerprint density at radius 3 is 2.92 bits per heavy atom. The van der Waals surface area contributed by atoms with Crippen LogP contribution in [0.2, 0.25) is 0 Å². The van der Waals surface area contributed by atoms with Crippen molar-refractivity contribution in [3.63, 3.8) is 0 Å². The molecule has 2 heterocycles. The maximum absolute atomic E-state index is 12.5. The highest BCUT2D eigenvalue weighted by atomic mass is 16.1. The fourth-order valence-corrected chi connectivity index (χ4v) is 3.57. The molecule has 1 aromatic carbocycles. The number of fused-ring (bicyclic) bond motifs is 1. The van der Waals surface area contributed by atoms with Crippen LogP contribution in [0.4, 0.5) is 5.95 Å². The molecule has 136 valence electrons. The molecule has 1 amide bonds. The van der Waals surface area contributed by atoms with Gasteiger partial charge < -0.3 is 14.8 Å². The summed E-state index contributed by atoms with van der Waals surface area (Å²) in [5.74, 6) is 1.75. The Morgan fingerprint density at radius 1 is 1.36 bits per heavy atom. The molecule has 5 heteroatoms. The van der Waals surface area contributed by atoms with Crippen molar-refractivity contribution in [3.8, 4) is 0 Å². The topological polar surface area (TPSA) is 50.2 Å². The van der Waals surface area contributed by atoms with Crippen molar-refractivity contribution in [2.75, 3.05) is 24.5 Å². The number of carbonyl (C=O) groups is 1. The first-order chi connectivity index (χ1) is 12.1. The van der Waals surface area contributed by atoms with Crippen LogP contribution in [0, 0.1) is 11.8 Å². The number of piperidine rings is 1. The molecule has 0 radical (unpaired) electrons. The second-order valence-corrected chi connectivity index (χ2v) is 7.48. The SMILES string of the molecule is CCCn1c(N2CCC[C@H](C(=O)NCC(C)C)C2)nc2ccccc21. The van der Waals surface area contributed by atoms with Gasteiger partial charge in [0.2, 0.25) is 11.9 Å². The van der Waals surface area contributed by atoms with Gasteiger partial charge in [-0.2, -0.15) is 0 Å². The third-order valence-electron chi connectivity index (χ3n) is 4.84. The van der Waals surface area contributed by atoms with Gasteiger partial charge in [-0.15, -0.1) is 0 Å². The molecule has 0 unspecified atom stereocenters. The Labute approximate surface area is 150 Å². The van der Waals surface area contributed by atoms with Crippen molar-refractivity contribution in [1.82, 2.24) is 14.9 Å². The van der Waals surface area contributed by atoms with Crippen LogP contribution in [0.25, 0.3) is 11.0 Å². The van der Waals surface area contributed by atoms with Gasteiger partial charge >= 0.3 is 0 Å². The number of carbonyl (C=O) groups excluding carboxylic acids is 1. The fourth-order valence-electron chi connectivity index (χ4n) is 3.57. The predicted octanol–water partition coefficient (Wildman–Crippen LogP) is 3.43. The molecule has 1 saturated heterocycles. The molecule has 0 aliphatic carbocycles. The van der Waals surface area contributed by atoms with Crippen molar-refractivity contribution in [3.05, 3.63) is 24.3 Å². The lowest BCUT2D eigenvalue weighted by atomic mass is 9.97. The first kappa shape index (κ1) is 17.8. The van der Waals surface area contributed by atoms with E-state index < -0.39 is 0 Å². The maximum atomic E-state index is 12.5. The lowest BCUT2D eigenvalue weighted by molar-refractivity contribution is -0.125. The second-order valence-electron chi connectivity index (χ2n) is 7.48. The minimum absolute atomic E-state index is 0.0578. The van der Waals surface area contributed by atoms with Crippen LogP contribution in [0.15, 0.2) is 24.3 Å². The van der Waals surface area contributed by atoms with Crippen LogP contribution < -0.4 is 10.2 Å². The molecule has 2 aromatic rings. The number of nitrogens with one attached hydrogen (secondary N) is 1. The number of rotatable bonds is 6. The lowest BCUT2D eigenvalue weighted by Crippen LogP contribution is -2.44. The molecule has 1 N–H and O–H groups in total. The Morgan fingerprint density at radius 2 is 2.16 bits per heavy atom. The number of benzene rings is 1. The molecule has 1 aliphatic heterocycles. The Kier molecular flexibility index (Phi) is 5.61. The molecule has 1 fully saturated rings. The van der Waals surface area contributed by atoms with E-state index >= 15 is 0 Å². The summed E-state index contributed by atoms with van der Waals surface area (Å²) in [6.07, 6.45) is 3.07. The van der Waals surface area contributed by atoms with Gasteiger partial charge in [-0.3, -0.25) is 4.79 Å². The molecule has 3 rings (SSSR count). The molecule has 1 atom stereocenters. The van der Waals surface area contributed by atoms with Gasteiger partial charge in [0.05, 0.1) is 17.0 Å². The Bertz CT molecular complexity index is 722. The van der Waals surface area contributed by atoms with E-state index in [2.05, 4.69) is 53.8 Å². The van der Waals surface area contributed by atoms with Gasteiger partial charge in [-0.1, -0.05) is 32.9 Å². The molecule has 0 spiro atoms.